The Morgan fingerprint density at radius 2 is 1.79 bits per heavy atom. The van der Waals surface area contributed by atoms with Crippen LogP contribution in [0.3, 0.4) is 0 Å². The highest BCUT2D eigenvalue weighted by Crippen LogP contribution is 2.33. The number of hydrogen-bond donors (Lipinski definition) is 1. The molecular formula is C20H16Cl2N4O2S. The molecular weight excluding hydrogens is 431 g/mol. The molecule has 0 aliphatic carbocycles. The maximum atomic E-state index is 13.3. The second-order valence-electron chi connectivity index (χ2n) is 6.53. The van der Waals surface area contributed by atoms with Gasteiger partial charge in [-0.1, -0.05) is 35.3 Å². The van der Waals surface area contributed by atoms with Crippen molar-refractivity contribution in [2.45, 2.75) is 6.92 Å². The number of anilines is 3. The average molecular weight is 447 g/mol. The predicted octanol–water partition coefficient (Wildman–Crippen LogP) is 4.78. The van der Waals surface area contributed by atoms with E-state index in [1.807, 2.05) is 18.4 Å². The zero-order chi connectivity index (χ0) is 20.5. The first-order valence-corrected chi connectivity index (χ1v) is 10.4. The van der Waals surface area contributed by atoms with Crippen molar-refractivity contribution in [3.8, 4) is 0 Å². The van der Waals surface area contributed by atoms with Gasteiger partial charge in [-0.3, -0.25) is 14.6 Å². The number of hydrazine groups is 1. The van der Waals surface area contributed by atoms with Gasteiger partial charge < -0.3 is 5.32 Å². The fraction of sp³-hybridized carbons (Fsp3) is 0.150. The highest BCUT2D eigenvalue weighted by molar-refractivity contribution is 7.13. The summed E-state index contributed by atoms with van der Waals surface area (Å²) in [6, 6.07) is 14.1. The number of carbonyl (C=O) groups excluding carboxylic acids is 2. The van der Waals surface area contributed by atoms with Gasteiger partial charge in [-0.15, -0.1) is 11.3 Å². The number of halogens is 2. The number of aryl methyl sites for hydroxylation is 1. The largest absolute Gasteiger partial charge is 0.301 e. The first kappa shape index (κ1) is 19.7. The molecule has 6 nitrogen and oxygen atoms in total. The van der Waals surface area contributed by atoms with Crippen LogP contribution in [0.4, 0.5) is 16.5 Å². The molecule has 1 N–H and O–H groups in total. The number of nitrogens with zero attached hydrogens (tertiary/aromatic N) is 3. The molecule has 0 bridgehead atoms. The van der Waals surface area contributed by atoms with Crippen molar-refractivity contribution in [3.05, 3.63) is 69.7 Å². The third-order valence-corrected chi connectivity index (χ3v) is 5.77. The summed E-state index contributed by atoms with van der Waals surface area (Å²) in [7, 11) is 0. The lowest BCUT2D eigenvalue weighted by atomic mass is 10.1. The summed E-state index contributed by atoms with van der Waals surface area (Å²) in [5.74, 6) is -1.66. The van der Waals surface area contributed by atoms with Gasteiger partial charge in [-0.25, -0.2) is 9.99 Å². The van der Waals surface area contributed by atoms with Gasteiger partial charge in [-0.05, 0) is 43.3 Å². The number of amides is 2. The molecule has 148 valence electrons. The lowest BCUT2D eigenvalue weighted by Gasteiger charge is -2.29. The molecule has 0 radical (unpaired) electrons. The van der Waals surface area contributed by atoms with E-state index < -0.39 is 11.8 Å². The van der Waals surface area contributed by atoms with E-state index in [9.17, 15) is 9.59 Å². The Balaban J connectivity index is 1.68. The van der Waals surface area contributed by atoms with Crippen LogP contribution in [0.25, 0.3) is 0 Å². The maximum absolute atomic E-state index is 13.3. The van der Waals surface area contributed by atoms with Gasteiger partial charge in [-0.2, -0.15) is 0 Å². The Morgan fingerprint density at radius 1 is 1.14 bits per heavy atom. The van der Waals surface area contributed by atoms with Gasteiger partial charge in [0.05, 0.1) is 23.6 Å². The van der Waals surface area contributed by atoms with Gasteiger partial charge in [0.25, 0.3) is 5.91 Å². The van der Waals surface area contributed by atoms with Gasteiger partial charge >= 0.3 is 0 Å². The van der Waals surface area contributed by atoms with E-state index in [-0.39, 0.29) is 12.5 Å². The summed E-state index contributed by atoms with van der Waals surface area (Å²) in [6.45, 7) is 2.01. The van der Waals surface area contributed by atoms with Crippen LogP contribution in [0.1, 0.15) is 5.69 Å². The van der Waals surface area contributed by atoms with Crippen molar-refractivity contribution in [2.75, 3.05) is 21.9 Å². The molecule has 1 saturated heterocycles. The smallest absolute Gasteiger partial charge is 0.260 e. The van der Waals surface area contributed by atoms with E-state index in [1.165, 1.54) is 16.3 Å². The minimum Gasteiger partial charge on any atom is -0.301 e. The molecule has 1 unspecified atom stereocenters. The first-order valence-electron chi connectivity index (χ1n) is 8.78. The lowest BCUT2D eigenvalue weighted by molar-refractivity contribution is -0.128. The van der Waals surface area contributed by atoms with E-state index in [4.69, 9.17) is 23.2 Å². The molecule has 0 spiro atoms. The molecule has 2 amide bonds. The Hall–Kier alpha value is -2.61. The van der Waals surface area contributed by atoms with Crippen molar-refractivity contribution in [1.29, 1.82) is 0 Å². The highest BCUT2D eigenvalue weighted by Gasteiger charge is 2.43. The molecule has 1 atom stereocenters. The number of aromatic nitrogens is 1. The summed E-state index contributed by atoms with van der Waals surface area (Å²) in [5.41, 5.74) is 2.08. The van der Waals surface area contributed by atoms with Crippen LogP contribution in [0.15, 0.2) is 53.9 Å². The van der Waals surface area contributed by atoms with Crippen molar-refractivity contribution >= 4 is 62.9 Å². The third kappa shape index (κ3) is 4.07. The van der Waals surface area contributed by atoms with Gasteiger partial charge in [0.1, 0.15) is 5.92 Å². The highest BCUT2D eigenvalue weighted by atomic mass is 35.5. The Kier molecular flexibility index (Phi) is 5.45. The number of thiazole rings is 1. The minimum absolute atomic E-state index is 0.169. The molecule has 1 aromatic heterocycles. The van der Waals surface area contributed by atoms with Crippen molar-refractivity contribution in [3.63, 3.8) is 0 Å². The summed E-state index contributed by atoms with van der Waals surface area (Å²) in [6.07, 6.45) is 0. The molecule has 3 aromatic rings. The van der Waals surface area contributed by atoms with Gasteiger partial charge in [0.15, 0.2) is 5.13 Å². The van der Waals surface area contributed by atoms with Crippen molar-refractivity contribution in [2.24, 2.45) is 5.92 Å². The fourth-order valence-corrected chi connectivity index (χ4v) is 4.19. The molecule has 4 rings (SSSR count). The molecule has 29 heavy (non-hydrogen) atoms. The predicted molar refractivity (Wildman–Crippen MR) is 117 cm³/mol. The minimum atomic E-state index is -0.905. The first-order chi connectivity index (χ1) is 13.9. The quantitative estimate of drug-likeness (QED) is 0.585. The zero-order valence-electron chi connectivity index (χ0n) is 15.3. The molecule has 2 aromatic carbocycles. The normalized spacial score (nSPS) is 16.4. The van der Waals surface area contributed by atoms with Crippen LogP contribution in [-0.2, 0) is 9.59 Å². The van der Waals surface area contributed by atoms with E-state index >= 15 is 0 Å². The summed E-state index contributed by atoms with van der Waals surface area (Å²) < 4.78 is 0. The summed E-state index contributed by atoms with van der Waals surface area (Å²) in [5, 5.41) is 9.28. The number of hydrogen-bond acceptors (Lipinski definition) is 5. The fourth-order valence-electron chi connectivity index (χ4n) is 3.13. The average Bonchev–Trinajstić information content (AvgIpc) is 3.24. The molecule has 2 heterocycles. The second-order valence-corrected chi connectivity index (χ2v) is 8.26. The number of carbonyl (C=O) groups is 2. The van der Waals surface area contributed by atoms with Crippen LogP contribution in [0.5, 0.6) is 0 Å². The zero-order valence-corrected chi connectivity index (χ0v) is 17.6. The van der Waals surface area contributed by atoms with Crippen LogP contribution in [-0.4, -0.2) is 23.3 Å². The van der Waals surface area contributed by atoms with Gasteiger partial charge in [0.2, 0.25) is 5.91 Å². The van der Waals surface area contributed by atoms with Crippen molar-refractivity contribution in [1.82, 2.24) is 4.98 Å². The maximum Gasteiger partial charge on any atom is 0.260 e. The van der Waals surface area contributed by atoms with Crippen LogP contribution < -0.4 is 15.3 Å². The number of rotatable bonds is 4. The van der Waals surface area contributed by atoms with E-state index in [0.717, 1.165) is 5.69 Å². The van der Waals surface area contributed by atoms with Crippen LogP contribution in [0, 0.1) is 12.8 Å². The number of benzene rings is 2. The second kappa shape index (κ2) is 8.02. The lowest BCUT2D eigenvalue weighted by Crippen LogP contribution is -2.39. The SMILES string of the molecule is Cc1csc(NC(=O)C2CN(c3cccc(Cl)c3)N(c3cccc(Cl)c3)C2=O)n1. The molecule has 1 aliphatic rings. The van der Waals surface area contributed by atoms with Gasteiger partial charge in [0, 0.05) is 15.4 Å². The standard InChI is InChI=1S/C20H16Cl2N4O2S/c1-12-11-29-20(23-12)24-18(27)17-10-25(15-6-2-4-13(21)8-15)26(19(17)28)16-7-3-5-14(22)9-16/h2-9,11,17H,10H2,1H3,(H,23,24,27). The van der Waals surface area contributed by atoms with E-state index in [1.54, 1.807) is 47.5 Å². The van der Waals surface area contributed by atoms with E-state index in [0.29, 0.717) is 26.6 Å². The van der Waals surface area contributed by atoms with Crippen molar-refractivity contribution < 1.29 is 9.59 Å². The molecule has 0 saturated carbocycles. The third-order valence-electron chi connectivity index (χ3n) is 4.43. The topological polar surface area (TPSA) is 65.5 Å². The molecule has 1 fully saturated rings. The van der Waals surface area contributed by atoms with Crippen LogP contribution >= 0.6 is 34.5 Å². The summed E-state index contributed by atoms with van der Waals surface area (Å²) in [4.78, 5) is 30.3. The summed E-state index contributed by atoms with van der Waals surface area (Å²) >= 11 is 13.6. The number of nitrogens with one attached hydrogen (secondary N) is 1. The molecule has 9 heteroatoms. The Morgan fingerprint density at radius 3 is 2.41 bits per heavy atom. The van der Waals surface area contributed by atoms with Crippen LogP contribution in [0.2, 0.25) is 10.0 Å². The molecule has 1 aliphatic heterocycles. The Bertz CT molecular complexity index is 1090. The monoisotopic (exact) mass is 446 g/mol. The van der Waals surface area contributed by atoms with E-state index in [2.05, 4.69) is 10.3 Å². The Labute approximate surface area is 181 Å².